The molecule has 1 amide bonds. The van der Waals surface area contributed by atoms with Gasteiger partial charge in [0.2, 0.25) is 0 Å². The number of hydrogen-bond acceptors (Lipinski definition) is 4. The zero-order chi connectivity index (χ0) is 14.7. The van der Waals surface area contributed by atoms with Gasteiger partial charge in [-0.05, 0) is 37.6 Å². The van der Waals surface area contributed by atoms with Gasteiger partial charge in [-0.3, -0.25) is 4.79 Å². The van der Waals surface area contributed by atoms with Crippen LogP contribution in [0.15, 0.2) is 16.8 Å². The Morgan fingerprint density at radius 3 is 3.00 bits per heavy atom. The van der Waals surface area contributed by atoms with Crippen molar-refractivity contribution in [1.29, 1.82) is 0 Å². The fraction of sp³-hybridized carbons (Fsp3) is 0.688. The van der Waals surface area contributed by atoms with Gasteiger partial charge in [-0.2, -0.15) is 11.3 Å². The molecular formula is C16H23NO3S. The SMILES string of the molecule is CCOC1CCOC2(CCN(C(=O)c3ccsc3)CC2)C1. The molecule has 1 aromatic heterocycles. The first-order valence-electron chi connectivity index (χ1n) is 7.79. The Hall–Kier alpha value is -0.910. The zero-order valence-corrected chi connectivity index (χ0v) is 13.4. The predicted octanol–water partition coefficient (Wildman–Crippen LogP) is 2.94. The number of ether oxygens (including phenoxy) is 2. The van der Waals surface area contributed by atoms with Gasteiger partial charge in [-0.25, -0.2) is 0 Å². The summed E-state index contributed by atoms with van der Waals surface area (Å²) in [4.78, 5) is 14.3. The first-order valence-corrected chi connectivity index (χ1v) is 8.74. The van der Waals surface area contributed by atoms with E-state index in [0.717, 1.165) is 57.6 Å². The summed E-state index contributed by atoms with van der Waals surface area (Å²) >= 11 is 1.57. The molecule has 5 heteroatoms. The maximum absolute atomic E-state index is 12.4. The van der Waals surface area contributed by atoms with Gasteiger partial charge in [0, 0.05) is 38.1 Å². The normalized spacial score (nSPS) is 25.2. The molecule has 4 nitrogen and oxygen atoms in total. The third-order valence-electron chi connectivity index (χ3n) is 4.58. The lowest BCUT2D eigenvalue weighted by atomic mass is 9.83. The minimum absolute atomic E-state index is 0.0660. The average Bonchev–Trinajstić information content (AvgIpc) is 3.02. The Bertz CT molecular complexity index is 464. The van der Waals surface area contributed by atoms with Gasteiger partial charge in [0.15, 0.2) is 0 Å². The van der Waals surface area contributed by atoms with Gasteiger partial charge >= 0.3 is 0 Å². The molecule has 21 heavy (non-hydrogen) atoms. The molecule has 2 fully saturated rings. The highest BCUT2D eigenvalue weighted by Crippen LogP contribution is 2.36. The molecule has 116 valence electrons. The molecule has 2 aliphatic heterocycles. The number of piperidine rings is 1. The number of carbonyl (C=O) groups is 1. The van der Waals surface area contributed by atoms with E-state index < -0.39 is 0 Å². The molecule has 1 unspecified atom stereocenters. The average molecular weight is 309 g/mol. The zero-order valence-electron chi connectivity index (χ0n) is 12.5. The summed E-state index contributed by atoms with van der Waals surface area (Å²) < 4.78 is 11.9. The van der Waals surface area contributed by atoms with E-state index in [2.05, 4.69) is 0 Å². The fourth-order valence-electron chi connectivity index (χ4n) is 3.40. The molecular weight excluding hydrogens is 286 g/mol. The van der Waals surface area contributed by atoms with Crippen LogP contribution in [0.25, 0.3) is 0 Å². The molecule has 0 bridgehead atoms. The van der Waals surface area contributed by atoms with Gasteiger partial charge < -0.3 is 14.4 Å². The molecule has 0 aliphatic carbocycles. The standard InChI is InChI=1S/C16H23NO3S/c1-2-19-14-3-9-20-16(11-14)5-7-17(8-6-16)15(18)13-4-10-21-12-13/h4,10,12,14H,2-3,5-9,11H2,1H3. The van der Waals surface area contributed by atoms with E-state index in [4.69, 9.17) is 9.47 Å². The minimum atomic E-state index is -0.0660. The lowest BCUT2D eigenvalue weighted by molar-refractivity contribution is -0.151. The molecule has 0 radical (unpaired) electrons. The highest BCUT2D eigenvalue weighted by atomic mass is 32.1. The molecule has 1 atom stereocenters. The minimum Gasteiger partial charge on any atom is -0.378 e. The Morgan fingerprint density at radius 1 is 1.52 bits per heavy atom. The summed E-state index contributed by atoms with van der Waals surface area (Å²) in [5, 5.41) is 3.88. The summed E-state index contributed by atoms with van der Waals surface area (Å²) in [6.07, 6.45) is 4.13. The van der Waals surface area contributed by atoms with Crippen LogP contribution in [0.1, 0.15) is 43.0 Å². The monoisotopic (exact) mass is 309 g/mol. The van der Waals surface area contributed by atoms with Gasteiger partial charge in [0.25, 0.3) is 5.91 Å². The van der Waals surface area contributed by atoms with E-state index in [1.807, 2.05) is 28.7 Å². The van der Waals surface area contributed by atoms with Crippen molar-refractivity contribution in [3.05, 3.63) is 22.4 Å². The number of likely N-dealkylation sites (tertiary alicyclic amines) is 1. The topological polar surface area (TPSA) is 38.8 Å². The smallest absolute Gasteiger partial charge is 0.254 e. The first-order chi connectivity index (χ1) is 10.2. The molecule has 0 N–H and O–H groups in total. The quantitative estimate of drug-likeness (QED) is 0.862. The maximum Gasteiger partial charge on any atom is 0.254 e. The van der Waals surface area contributed by atoms with Crippen LogP contribution in [-0.2, 0) is 9.47 Å². The lowest BCUT2D eigenvalue weighted by Crippen LogP contribution is -2.52. The van der Waals surface area contributed by atoms with Crippen LogP contribution in [0.2, 0.25) is 0 Å². The Kier molecular flexibility index (Phi) is 4.62. The van der Waals surface area contributed by atoms with Crippen molar-refractivity contribution in [2.45, 2.75) is 44.3 Å². The van der Waals surface area contributed by atoms with Crippen LogP contribution in [0.5, 0.6) is 0 Å². The Labute approximate surface area is 130 Å². The summed E-state index contributed by atoms with van der Waals surface area (Å²) in [5.74, 6) is 0.156. The van der Waals surface area contributed by atoms with Crippen LogP contribution >= 0.6 is 11.3 Å². The van der Waals surface area contributed by atoms with E-state index >= 15 is 0 Å². The molecule has 0 saturated carbocycles. The Balaban J connectivity index is 1.58. The van der Waals surface area contributed by atoms with E-state index in [0.29, 0.717) is 6.10 Å². The summed E-state index contributed by atoms with van der Waals surface area (Å²) in [6.45, 7) is 5.16. The van der Waals surface area contributed by atoms with Crippen LogP contribution in [0, 0.1) is 0 Å². The maximum atomic E-state index is 12.4. The van der Waals surface area contributed by atoms with Gasteiger partial charge in [0.05, 0.1) is 17.3 Å². The van der Waals surface area contributed by atoms with Crippen molar-refractivity contribution >= 4 is 17.2 Å². The second kappa shape index (κ2) is 6.46. The third-order valence-corrected chi connectivity index (χ3v) is 5.26. The van der Waals surface area contributed by atoms with E-state index in [1.165, 1.54) is 0 Å². The highest BCUT2D eigenvalue weighted by molar-refractivity contribution is 7.08. The number of hydrogen-bond donors (Lipinski definition) is 0. The summed E-state index contributed by atoms with van der Waals surface area (Å²) in [7, 11) is 0. The third kappa shape index (κ3) is 3.30. The van der Waals surface area contributed by atoms with Crippen LogP contribution in [0.4, 0.5) is 0 Å². The molecule has 2 saturated heterocycles. The highest BCUT2D eigenvalue weighted by Gasteiger charge is 2.41. The van der Waals surface area contributed by atoms with Gasteiger partial charge in [-0.15, -0.1) is 0 Å². The van der Waals surface area contributed by atoms with Crippen LogP contribution < -0.4 is 0 Å². The van der Waals surface area contributed by atoms with Crippen molar-refractivity contribution in [3.63, 3.8) is 0 Å². The van der Waals surface area contributed by atoms with Crippen molar-refractivity contribution in [2.24, 2.45) is 0 Å². The van der Waals surface area contributed by atoms with Crippen LogP contribution in [-0.4, -0.2) is 48.8 Å². The number of nitrogens with zero attached hydrogens (tertiary/aromatic N) is 1. The number of amides is 1. The fourth-order valence-corrected chi connectivity index (χ4v) is 4.03. The molecule has 0 aromatic carbocycles. The number of thiophene rings is 1. The second-order valence-electron chi connectivity index (χ2n) is 5.91. The summed E-state index contributed by atoms with van der Waals surface area (Å²) in [5.41, 5.74) is 0.747. The second-order valence-corrected chi connectivity index (χ2v) is 6.69. The van der Waals surface area contributed by atoms with Crippen molar-refractivity contribution in [1.82, 2.24) is 4.90 Å². The van der Waals surface area contributed by atoms with Crippen LogP contribution in [0.3, 0.4) is 0 Å². The molecule has 3 heterocycles. The van der Waals surface area contributed by atoms with E-state index in [1.54, 1.807) is 11.3 Å². The van der Waals surface area contributed by atoms with Gasteiger partial charge in [-0.1, -0.05) is 0 Å². The van der Waals surface area contributed by atoms with E-state index in [-0.39, 0.29) is 11.5 Å². The van der Waals surface area contributed by atoms with Crippen molar-refractivity contribution < 1.29 is 14.3 Å². The molecule has 3 rings (SSSR count). The Morgan fingerprint density at radius 2 is 2.33 bits per heavy atom. The largest absolute Gasteiger partial charge is 0.378 e. The first kappa shape index (κ1) is 15.0. The van der Waals surface area contributed by atoms with Crippen molar-refractivity contribution in [3.8, 4) is 0 Å². The number of carbonyl (C=O) groups excluding carboxylic acids is 1. The predicted molar refractivity (Wildman–Crippen MR) is 82.8 cm³/mol. The summed E-state index contributed by atoms with van der Waals surface area (Å²) in [6, 6.07) is 1.90. The van der Waals surface area contributed by atoms with Crippen molar-refractivity contribution in [2.75, 3.05) is 26.3 Å². The molecule has 1 spiro atoms. The number of rotatable bonds is 3. The van der Waals surface area contributed by atoms with Gasteiger partial charge in [0.1, 0.15) is 0 Å². The molecule has 2 aliphatic rings. The van der Waals surface area contributed by atoms with E-state index in [9.17, 15) is 4.79 Å². The molecule has 1 aromatic rings. The lowest BCUT2D eigenvalue weighted by Gasteiger charge is -2.46.